The average molecular weight is 278 g/mol. The standard InChI is InChI=1S/C17H24ClN/c1-19(2)11-15-12-7-9-13(10-8-12)17(15)14-5-3-4-6-16(14)18/h3-6,12-13,15,17H,7-11H2,1-2H3/t12?,13?,15-,17-/m1/s1. The van der Waals surface area contributed by atoms with Crippen LogP contribution in [0.25, 0.3) is 0 Å². The fourth-order valence-electron chi connectivity index (χ4n) is 4.49. The maximum atomic E-state index is 6.48. The molecule has 0 unspecified atom stereocenters. The van der Waals surface area contributed by atoms with Crippen LogP contribution in [0.5, 0.6) is 0 Å². The zero-order valence-corrected chi connectivity index (χ0v) is 12.7. The van der Waals surface area contributed by atoms with Gasteiger partial charge in [0.15, 0.2) is 0 Å². The largest absolute Gasteiger partial charge is 0.309 e. The normalized spacial score (nSPS) is 33.9. The van der Waals surface area contributed by atoms with Crippen LogP contribution in [0.1, 0.15) is 37.2 Å². The van der Waals surface area contributed by atoms with Crippen LogP contribution in [-0.2, 0) is 0 Å². The summed E-state index contributed by atoms with van der Waals surface area (Å²) in [4.78, 5) is 2.36. The Morgan fingerprint density at radius 3 is 2.32 bits per heavy atom. The van der Waals surface area contributed by atoms with E-state index in [1.54, 1.807) is 0 Å². The van der Waals surface area contributed by atoms with Gasteiger partial charge >= 0.3 is 0 Å². The highest BCUT2D eigenvalue weighted by atomic mass is 35.5. The Morgan fingerprint density at radius 1 is 1.05 bits per heavy atom. The van der Waals surface area contributed by atoms with E-state index in [2.05, 4.69) is 37.2 Å². The van der Waals surface area contributed by atoms with Crippen molar-refractivity contribution in [1.29, 1.82) is 0 Å². The summed E-state index contributed by atoms with van der Waals surface area (Å²) in [5, 5.41) is 0.976. The molecular weight excluding hydrogens is 254 g/mol. The fraction of sp³-hybridized carbons (Fsp3) is 0.647. The second kappa shape index (κ2) is 5.46. The highest BCUT2D eigenvalue weighted by molar-refractivity contribution is 6.31. The van der Waals surface area contributed by atoms with Crippen molar-refractivity contribution < 1.29 is 0 Å². The van der Waals surface area contributed by atoms with Gasteiger partial charge in [-0.1, -0.05) is 29.8 Å². The SMILES string of the molecule is CN(C)C[C@@H]1C2CCC(CC2)[C@@H]1c1ccccc1Cl. The Hall–Kier alpha value is -0.530. The van der Waals surface area contributed by atoms with Gasteiger partial charge in [-0.25, -0.2) is 0 Å². The van der Waals surface area contributed by atoms with Gasteiger partial charge in [-0.05, 0) is 75.1 Å². The molecule has 3 fully saturated rings. The van der Waals surface area contributed by atoms with Gasteiger partial charge in [-0.3, -0.25) is 0 Å². The number of nitrogens with zero attached hydrogens (tertiary/aromatic N) is 1. The van der Waals surface area contributed by atoms with Crippen molar-refractivity contribution in [2.45, 2.75) is 31.6 Å². The quantitative estimate of drug-likeness (QED) is 0.790. The molecule has 0 saturated heterocycles. The van der Waals surface area contributed by atoms with Gasteiger partial charge in [0.1, 0.15) is 0 Å². The monoisotopic (exact) mass is 277 g/mol. The van der Waals surface area contributed by atoms with E-state index in [1.165, 1.54) is 37.8 Å². The molecule has 104 valence electrons. The van der Waals surface area contributed by atoms with Gasteiger partial charge in [0, 0.05) is 11.6 Å². The molecule has 3 aliphatic rings. The summed E-state index contributed by atoms with van der Waals surface area (Å²) >= 11 is 6.48. The molecule has 1 aromatic rings. The average Bonchev–Trinajstić information content (AvgIpc) is 2.40. The van der Waals surface area contributed by atoms with E-state index < -0.39 is 0 Å². The predicted molar refractivity (Wildman–Crippen MR) is 81.7 cm³/mol. The molecule has 0 radical (unpaired) electrons. The number of benzene rings is 1. The van der Waals surface area contributed by atoms with Crippen molar-refractivity contribution in [2.24, 2.45) is 17.8 Å². The fourth-order valence-corrected chi connectivity index (χ4v) is 4.75. The molecule has 0 spiro atoms. The molecule has 3 saturated carbocycles. The summed E-state index contributed by atoms with van der Waals surface area (Å²) in [6.07, 6.45) is 5.68. The van der Waals surface area contributed by atoms with Crippen molar-refractivity contribution in [3.8, 4) is 0 Å². The molecule has 0 amide bonds. The maximum Gasteiger partial charge on any atom is 0.0441 e. The first-order valence-electron chi connectivity index (χ1n) is 7.56. The lowest BCUT2D eigenvalue weighted by molar-refractivity contribution is 0.0507. The van der Waals surface area contributed by atoms with E-state index in [0.717, 1.165) is 22.8 Å². The minimum Gasteiger partial charge on any atom is -0.309 e. The van der Waals surface area contributed by atoms with E-state index in [4.69, 9.17) is 11.6 Å². The first kappa shape index (κ1) is 13.5. The first-order valence-corrected chi connectivity index (χ1v) is 7.93. The van der Waals surface area contributed by atoms with E-state index in [-0.39, 0.29) is 0 Å². The summed E-state index contributed by atoms with van der Waals surface area (Å²) in [6.45, 7) is 1.21. The van der Waals surface area contributed by atoms with Crippen LogP contribution in [0, 0.1) is 17.8 Å². The maximum absolute atomic E-state index is 6.48. The highest BCUT2D eigenvalue weighted by Gasteiger charge is 2.44. The molecule has 1 nitrogen and oxygen atoms in total. The first-order chi connectivity index (χ1) is 9.16. The molecule has 2 bridgehead atoms. The molecule has 0 heterocycles. The number of rotatable bonds is 3. The van der Waals surface area contributed by atoms with Crippen molar-refractivity contribution >= 4 is 11.6 Å². The van der Waals surface area contributed by atoms with Gasteiger partial charge in [0.2, 0.25) is 0 Å². The highest BCUT2D eigenvalue weighted by Crippen LogP contribution is 2.54. The van der Waals surface area contributed by atoms with Crippen LogP contribution in [-0.4, -0.2) is 25.5 Å². The second-order valence-electron chi connectivity index (χ2n) is 6.65. The lowest BCUT2D eigenvalue weighted by atomic mass is 9.57. The van der Waals surface area contributed by atoms with Crippen LogP contribution < -0.4 is 0 Å². The predicted octanol–water partition coefficient (Wildman–Crippen LogP) is 4.42. The van der Waals surface area contributed by atoms with Crippen molar-refractivity contribution in [3.63, 3.8) is 0 Å². The molecular formula is C17H24ClN. The minimum absolute atomic E-state index is 0.684. The van der Waals surface area contributed by atoms with Crippen LogP contribution >= 0.6 is 11.6 Å². The zero-order valence-electron chi connectivity index (χ0n) is 12.0. The van der Waals surface area contributed by atoms with Gasteiger partial charge < -0.3 is 4.90 Å². The summed E-state index contributed by atoms with van der Waals surface area (Å²) in [6, 6.07) is 8.52. The second-order valence-corrected chi connectivity index (χ2v) is 7.06. The third-order valence-electron chi connectivity index (χ3n) is 5.23. The van der Waals surface area contributed by atoms with Gasteiger partial charge in [0.05, 0.1) is 0 Å². The summed E-state index contributed by atoms with van der Waals surface area (Å²) in [5.41, 5.74) is 1.41. The Labute approximate surface area is 121 Å². The third kappa shape index (κ3) is 2.55. The van der Waals surface area contributed by atoms with E-state index in [1.807, 2.05) is 6.07 Å². The van der Waals surface area contributed by atoms with Crippen molar-refractivity contribution in [2.75, 3.05) is 20.6 Å². The molecule has 0 aromatic heterocycles. The zero-order chi connectivity index (χ0) is 13.4. The molecule has 19 heavy (non-hydrogen) atoms. The summed E-state index contributed by atoms with van der Waals surface area (Å²) in [7, 11) is 4.40. The molecule has 1 aromatic carbocycles. The van der Waals surface area contributed by atoms with Gasteiger partial charge in [-0.2, -0.15) is 0 Å². The van der Waals surface area contributed by atoms with E-state index >= 15 is 0 Å². The molecule has 2 atom stereocenters. The van der Waals surface area contributed by atoms with Crippen LogP contribution in [0.2, 0.25) is 5.02 Å². The molecule has 0 aliphatic heterocycles. The van der Waals surface area contributed by atoms with Crippen molar-refractivity contribution in [1.82, 2.24) is 4.90 Å². The Balaban J connectivity index is 1.94. The van der Waals surface area contributed by atoms with Gasteiger partial charge in [-0.15, -0.1) is 0 Å². The van der Waals surface area contributed by atoms with Crippen LogP contribution in [0.4, 0.5) is 0 Å². The smallest absolute Gasteiger partial charge is 0.0441 e. The summed E-state index contributed by atoms with van der Waals surface area (Å²) < 4.78 is 0. The Kier molecular flexibility index (Phi) is 3.86. The molecule has 0 N–H and O–H groups in total. The molecule has 3 aliphatic carbocycles. The summed E-state index contributed by atoms with van der Waals surface area (Å²) in [5.74, 6) is 3.24. The Morgan fingerprint density at radius 2 is 1.68 bits per heavy atom. The molecule has 4 rings (SSSR count). The number of fused-ring (bicyclic) bond motifs is 3. The van der Waals surface area contributed by atoms with Crippen molar-refractivity contribution in [3.05, 3.63) is 34.9 Å². The minimum atomic E-state index is 0.684. The van der Waals surface area contributed by atoms with E-state index in [9.17, 15) is 0 Å². The third-order valence-corrected chi connectivity index (χ3v) is 5.58. The Bertz CT molecular complexity index is 435. The lowest BCUT2D eigenvalue weighted by Crippen LogP contribution is -2.43. The number of hydrogen-bond donors (Lipinski definition) is 0. The number of halogens is 1. The lowest BCUT2D eigenvalue weighted by Gasteiger charge is -2.50. The van der Waals surface area contributed by atoms with Gasteiger partial charge in [0.25, 0.3) is 0 Å². The molecule has 2 heteroatoms. The topological polar surface area (TPSA) is 3.24 Å². The number of hydrogen-bond acceptors (Lipinski definition) is 1. The van der Waals surface area contributed by atoms with Crippen LogP contribution in [0.3, 0.4) is 0 Å². The van der Waals surface area contributed by atoms with E-state index in [0.29, 0.717) is 5.92 Å². The van der Waals surface area contributed by atoms with Crippen LogP contribution in [0.15, 0.2) is 24.3 Å².